The van der Waals surface area contributed by atoms with Crippen LogP contribution in [0.15, 0.2) is 42.0 Å². The van der Waals surface area contributed by atoms with Crippen molar-refractivity contribution in [2.45, 2.75) is 26.4 Å². The van der Waals surface area contributed by atoms with Gasteiger partial charge in [-0.05, 0) is 24.8 Å². The van der Waals surface area contributed by atoms with E-state index in [2.05, 4.69) is 25.1 Å². The molecule has 0 radical (unpaired) electrons. The maximum absolute atomic E-state index is 9.08. The Morgan fingerprint density at radius 3 is 2.58 bits per heavy atom. The zero-order valence-corrected chi connectivity index (χ0v) is 12.0. The molecule has 0 bridgehead atoms. The van der Waals surface area contributed by atoms with Gasteiger partial charge in [-0.1, -0.05) is 48.9 Å². The molecule has 0 heterocycles. The normalized spacial score (nSPS) is 15.3. The first kappa shape index (κ1) is 15.9. The molecule has 0 aromatic heterocycles. The van der Waals surface area contributed by atoms with Gasteiger partial charge in [0.25, 0.3) is 0 Å². The molecule has 1 N–H and O–H groups in total. The fourth-order valence-corrected chi connectivity index (χ4v) is 1.99. The molecule has 19 heavy (non-hydrogen) atoms. The minimum Gasteiger partial charge on any atom is -0.396 e. The summed E-state index contributed by atoms with van der Waals surface area (Å²) >= 11 is 0. The predicted octanol–water partition coefficient (Wildman–Crippen LogP) is 3.31. The highest BCUT2D eigenvalue weighted by Crippen LogP contribution is 2.25. The van der Waals surface area contributed by atoms with Crippen LogP contribution >= 0.6 is 0 Å². The third kappa shape index (κ3) is 6.01. The van der Waals surface area contributed by atoms with Gasteiger partial charge in [-0.2, -0.15) is 0 Å². The molecule has 3 heteroatoms. The second-order valence-electron chi connectivity index (χ2n) is 4.85. The Labute approximate surface area is 115 Å². The van der Waals surface area contributed by atoms with Gasteiger partial charge < -0.3 is 14.6 Å². The van der Waals surface area contributed by atoms with Crippen LogP contribution < -0.4 is 0 Å². The fourth-order valence-electron chi connectivity index (χ4n) is 1.99. The highest BCUT2D eigenvalue weighted by molar-refractivity contribution is 5.19. The second kappa shape index (κ2) is 8.86. The average Bonchev–Trinajstić information content (AvgIpc) is 2.44. The maximum Gasteiger partial charge on any atom is 0.147 e. The van der Waals surface area contributed by atoms with Crippen molar-refractivity contribution in [2.24, 2.45) is 5.92 Å². The van der Waals surface area contributed by atoms with Gasteiger partial charge in [-0.15, -0.1) is 0 Å². The van der Waals surface area contributed by atoms with Crippen LogP contribution in [-0.2, 0) is 9.47 Å². The quantitative estimate of drug-likeness (QED) is 0.578. The maximum atomic E-state index is 9.08. The third-order valence-corrected chi connectivity index (χ3v) is 2.92. The Balaban J connectivity index is 2.72. The monoisotopic (exact) mass is 264 g/mol. The lowest BCUT2D eigenvalue weighted by molar-refractivity contribution is -0.0729. The summed E-state index contributed by atoms with van der Waals surface area (Å²) in [4.78, 5) is 0. The number of aliphatic hydroxyl groups excluding tert-OH is 1. The average molecular weight is 264 g/mol. The van der Waals surface area contributed by atoms with Crippen LogP contribution in [0, 0.1) is 5.92 Å². The highest BCUT2D eigenvalue weighted by Gasteiger charge is 2.12. The molecule has 0 saturated heterocycles. The zero-order valence-electron chi connectivity index (χ0n) is 12.0. The Hall–Kier alpha value is -1.16. The number of hydrogen-bond donors (Lipinski definition) is 1. The van der Waals surface area contributed by atoms with E-state index in [1.165, 1.54) is 5.57 Å². The van der Waals surface area contributed by atoms with E-state index in [1.54, 1.807) is 7.11 Å². The molecule has 2 atom stereocenters. The van der Waals surface area contributed by atoms with Crippen LogP contribution in [-0.4, -0.2) is 25.6 Å². The third-order valence-electron chi connectivity index (χ3n) is 2.92. The van der Waals surface area contributed by atoms with Gasteiger partial charge in [0.2, 0.25) is 0 Å². The van der Waals surface area contributed by atoms with Gasteiger partial charge in [-0.3, -0.25) is 0 Å². The number of ether oxygens (including phenoxy) is 2. The van der Waals surface area contributed by atoms with E-state index in [0.717, 1.165) is 12.0 Å². The highest BCUT2D eigenvalue weighted by atomic mass is 16.7. The van der Waals surface area contributed by atoms with Crippen LogP contribution in [0.3, 0.4) is 0 Å². The molecule has 1 aromatic rings. The lowest BCUT2D eigenvalue weighted by Gasteiger charge is -2.19. The van der Waals surface area contributed by atoms with Gasteiger partial charge in [0, 0.05) is 13.7 Å². The topological polar surface area (TPSA) is 38.7 Å². The second-order valence-corrected chi connectivity index (χ2v) is 4.85. The van der Waals surface area contributed by atoms with Gasteiger partial charge in [0.15, 0.2) is 0 Å². The van der Waals surface area contributed by atoms with Gasteiger partial charge in [0.05, 0.1) is 6.10 Å². The molecule has 0 spiro atoms. The minimum atomic E-state index is -0.0108. The largest absolute Gasteiger partial charge is 0.396 e. The van der Waals surface area contributed by atoms with Gasteiger partial charge in [0.1, 0.15) is 6.79 Å². The molecular weight excluding hydrogens is 240 g/mol. The van der Waals surface area contributed by atoms with Crippen molar-refractivity contribution in [2.75, 3.05) is 20.5 Å². The SMILES string of the molecule is COCO[C@@H](C/C(C)=C\[C@@H](C)CO)c1ccccc1. The summed E-state index contributed by atoms with van der Waals surface area (Å²) in [5.74, 6) is 0.179. The predicted molar refractivity (Wildman–Crippen MR) is 76.8 cm³/mol. The first-order chi connectivity index (χ1) is 9.17. The zero-order chi connectivity index (χ0) is 14.1. The van der Waals surface area contributed by atoms with E-state index in [1.807, 2.05) is 25.1 Å². The summed E-state index contributed by atoms with van der Waals surface area (Å²) < 4.78 is 10.7. The summed E-state index contributed by atoms with van der Waals surface area (Å²) in [7, 11) is 1.62. The van der Waals surface area contributed by atoms with Gasteiger partial charge >= 0.3 is 0 Å². The van der Waals surface area contributed by atoms with Crippen molar-refractivity contribution in [1.82, 2.24) is 0 Å². The molecular formula is C16H24O3. The summed E-state index contributed by atoms with van der Waals surface area (Å²) in [5, 5.41) is 9.08. The summed E-state index contributed by atoms with van der Waals surface area (Å²) in [6.45, 7) is 4.52. The number of hydrogen-bond acceptors (Lipinski definition) is 3. The van der Waals surface area contributed by atoms with E-state index in [9.17, 15) is 0 Å². The van der Waals surface area contributed by atoms with E-state index < -0.39 is 0 Å². The Kier molecular flexibility index (Phi) is 7.41. The standard InChI is InChI=1S/C16H24O3/c1-13(9-14(2)11-17)10-16(19-12-18-3)15-7-5-4-6-8-15/h4-9,14,16-17H,10-12H2,1-3H3/b13-9-/t14-,16+/m1/s1. The molecule has 0 amide bonds. The first-order valence-corrected chi connectivity index (χ1v) is 6.61. The minimum absolute atomic E-state index is 0.0108. The molecule has 1 rings (SSSR count). The van der Waals surface area contributed by atoms with Crippen LogP contribution in [0.2, 0.25) is 0 Å². The first-order valence-electron chi connectivity index (χ1n) is 6.61. The van der Waals surface area contributed by atoms with E-state index in [4.69, 9.17) is 14.6 Å². The number of benzene rings is 1. The van der Waals surface area contributed by atoms with Crippen molar-refractivity contribution in [3.8, 4) is 0 Å². The Morgan fingerprint density at radius 2 is 2.00 bits per heavy atom. The fraction of sp³-hybridized carbons (Fsp3) is 0.500. The smallest absolute Gasteiger partial charge is 0.147 e. The van der Waals surface area contributed by atoms with Gasteiger partial charge in [-0.25, -0.2) is 0 Å². The Bertz CT molecular complexity index is 373. The van der Waals surface area contributed by atoms with E-state index in [0.29, 0.717) is 0 Å². The number of methoxy groups -OCH3 is 1. The molecule has 0 aliphatic rings. The lowest BCUT2D eigenvalue weighted by Crippen LogP contribution is -2.08. The van der Waals surface area contributed by atoms with Crippen LogP contribution in [0.25, 0.3) is 0 Å². The van der Waals surface area contributed by atoms with Crippen LogP contribution in [0.5, 0.6) is 0 Å². The summed E-state index contributed by atoms with van der Waals surface area (Å²) in [6, 6.07) is 10.1. The van der Waals surface area contributed by atoms with Crippen molar-refractivity contribution < 1.29 is 14.6 Å². The summed E-state index contributed by atoms with van der Waals surface area (Å²) in [6.07, 6.45) is 2.88. The van der Waals surface area contributed by atoms with Crippen molar-refractivity contribution in [3.63, 3.8) is 0 Å². The van der Waals surface area contributed by atoms with Crippen LogP contribution in [0.1, 0.15) is 31.9 Å². The van der Waals surface area contributed by atoms with E-state index >= 15 is 0 Å². The molecule has 106 valence electrons. The molecule has 0 fully saturated rings. The summed E-state index contributed by atoms with van der Waals surface area (Å²) in [5.41, 5.74) is 2.36. The molecule has 0 unspecified atom stereocenters. The molecule has 0 saturated carbocycles. The van der Waals surface area contributed by atoms with Crippen molar-refractivity contribution in [3.05, 3.63) is 47.5 Å². The number of aliphatic hydroxyl groups is 1. The lowest BCUT2D eigenvalue weighted by atomic mass is 9.99. The molecule has 0 aliphatic heterocycles. The molecule has 3 nitrogen and oxygen atoms in total. The van der Waals surface area contributed by atoms with Crippen molar-refractivity contribution >= 4 is 0 Å². The van der Waals surface area contributed by atoms with Crippen molar-refractivity contribution in [1.29, 1.82) is 0 Å². The van der Waals surface area contributed by atoms with Crippen LogP contribution in [0.4, 0.5) is 0 Å². The molecule has 0 aliphatic carbocycles. The number of rotatable bonds is 8. The Morgan fingerprint density at radius 1 is 1.32 bits per heavy atom. The molecule has 1 aromatic carbocycles. The van der Waals surface area contributed by atoms with E-state index in [-0.39, 0.29) is 25.4 Å².